The normalized spacial score (nSPS) is 18.5. The second-order valence-electron chi connectivity index (χ2n) is 11.4. The fourth-order valence-electron chi connectivity index (χ4n) is 5.69. The fourth-order valence-corrected chi connectivity index (χ4v) is 6.82. The molecule has 4 heterocycles. The predicted octanol–water partition coefficient (Wildman–Crippen LogP) is 4.39. The molecule has 0 saturated carbocycles. The summed E-state index contributed by atoms with van der Waals surface area (Å²) in [5, 5.41) is 0.138. The molecule has 0 unspecified atom stereocenters. The Labute approximate surface area is 250 Å². The number of carbonyl (C=O) groups is 2. The minimum absolute atomic E-state index is 0.0217. The lowest BCUT2D eigenvalue weighted by Crippen LogP contribution is -2.41. The number of nitrogen functional groups attached to an aromatic ring is 1. The Morgan fingerprint density at radius 3 is 2.55 bits per heavy atom. The largest absolute Gasteiger partial charge is 0.384 e. The molecule has 1 atom stereocenters. The zero-order valence-corrected chi connectivity index (χ0v) is 25.2. The Morgan fingerprint density at radius 2 is 1.86 bits per heavy atom. The summed E-state index contributed by atoms with van der Waals surface area (Å²) < 4.78 is 28.1. The van der Waals surface area contributed by atoms with Gasteiger partial charge in [0, 0.05) is 35.8 Å². The quantitative estimate of drug-likeness (QED) is 0.420. The van der Waals surface area contributed by atoms with E-state index in [4.69, 9.17) is 22.3 Å². The van der Waals surface area contributed by atoms with Crippen LogP contribution in [0.1, 0.15) is 60.0 Å². The van der Waals surface area contributed by atoms with Gasteiger partial charge in [0.2, 0.25) is 0 Å². The topological polar surface area (TPSA) is 139 Å². The van der Waals surface area contributed by atoms with Crippen molar-refractivity contribution in [1.82, 2.24) is 19.6 Å². The third-order valence-electron chi connectivity index (χ3n) is 7.53. The van der Waals surface area contributed by atoms with Gasteiger partial charge in [-0.1, -0.05) is 36.7 Å². The molecular formula is C30H33ClN6O4S. The highest BCUT2D eigenvalue weighted by Gasteiger charge is 2.39. The summed E-state index contributed by atoms with van der Waals surface area (Å²) in [5.74, 6) is -0.211. The Hall–Kier alpha value is -3.96. The zero-order valence-electron chi connectivity index (χ0n) is 23.7. The fraction of sp³-hybridized carbons (Fsp3) is 0.333. The number of nitrogens with two attached hydrogens (primary N) is 1. The van der Waals surface area contributed by atoms with Crippen molar-refractivity contribution in [3.05, 3.63) is 82.5 Å². The van der Waals surface area contributed by atoms with Crippen LogP contribution >= 0.6 is 11.6 Å². The standard InChI is InChI=1S/C30H33ClN6O4S/c1-19-16-30(2,3)37(17-19)27-23(28(38)35-42(40,41)26-11-5-10-25(32)34-26)12-13-24(33-27)21-8-6-14-36(18-21)29(39)20-7-4-9-22(31)15-20/h4-5,7-13,15,19H,6,14,16-18H2,1-3H3,(H2,32,34)(H,35,38)/t19-/m0/s1. The highest BCUT2D eigenvalue weighted by Crippen LogP contribution is 2.38. The number of halogens is 1. The number of carbonyl (C=O) groups excluding carboxylic acids is 2. The van der Waals surface area contributed by atoms with E-state index in [-0.39, 0.29) is 27.9 Å². The first-order valence-corrected chi connectivity index (χ1v) is 15.5. The number of pyridine rings is 2. The first-order valence-electron chi connectivity index (χ1n) is 13.7. The summed E-state index contributed by atoms with van der Waals surface area (Å²) in [7, 11) is -4.29. The highest BCUT2D eigenvalue weighted by atomic mass is 35.5. The summed E-state index contributed by atoms with van der Waals surface area (Å²) in [5.41, 5.74) is 7.41. The van der Waals surface area contributed by atoms with Crippen LogP contribution < -0.4 is 15.4 Å². The Kier molecular flexibility index (Phi) is 8.00. The third kappa shape index (κ3) is 6.12. The van der Waals surface area contributed by atoms with Gasteiger partial charge < -0.3 is 15.5 Å². The number of nitrogens with zero attached hydrogens (tertiary/aromatic N) is 4. The van der Waals surface area contributed by atoms with Crippen LogP contribution in [0.15, 0.2) is 65.7 Å². The number of hydrogen-bond acceptors (Lipinski definition) is 8. The lowest BCUT2D eigenvalue weighted by molar-refractivity contribution is 0.0774. The van der Waals surface area contributed by atoms with Crippen LogP contribution in [0.5, 0.6) is 0 Å². The minimum atomic E-state index is -4.29. The molecule has 0 aliphatic carbocycles. The molecular weight excluding hydrogens is 576 g/mol. The summed E-state index contributed by atoms with van der Waals surface area (Å²) >= 11 is 6.11. The van der Waals surface area contributed by atoms with Crippen molar-refractivity contribution in [1.29, 1.82) is 0 Å². The molecule has 5 rings (SSSR count). The smallest absolute Gasteiger partial charge is 0.281 e. The van der Waals surface area contributed by atoms with E-state index in [1.165, 1.54) is 18.2 Å². The Balaban J connectivity index is 1.48. The van der Waals surface area contributed by atoms with E-state index >= 15 is 0 Å². The summed E-state index contributed by atoms with van der Waals surface area (Å²) in [6.45, 7) is 7.81. The molecule has 2 aromatic heterocycles. The van der Waals surface area contributed by atoms with E-state index in [1.807, 2.05) is 6.08 Å². The van der Waals surface area contributed by atoms with E-state index < -0.39 is 15.9 Å². The first-order chi connectivity index (χ1) is 19.8. The van der Waals surface area contributed by atoms with Crippen LogP contribution in [0.4, 0.5) is 11.6 Å². The number of nitrogens with one attached hydrogen (secondary N) is 1. The van der Waals surface area contributed by atoms with Crippen molar-refractivity contribution in [2.24, 2.45) is 5.92 Å². The lowest BCUT2D eigenvalue weighted by atomic mass is 9.97. The van der Waals surface area contributed by atoms with Crippen LogP contribution in [0, 0.1) is 5.92 Å². The summed E-state index contributed by atoms with van der Waals surface area (Å²) in [4.78, 5) is 39.3. The van der Waals surface area contributed by atoms with Crippen LogP contribution in [0.25, 0.3) is 5.57 Å². The lowest BCUT2D eigenvalue weighted by Gasteiger charge is -2.34. The Morgan fingerprint density at radius 1 is 1.10 bits per heavy atom. The van der Waals surface area contributed by atoms with Crippen molar-refractivity contribution in [3.8, 4) is 0 Å². The van der Waals surface area contributed by atoms with Gasteiger partial charge in [-0.2, -0.15) is 8.42 Å². The number of amides is 2. The number of sulfonamides is 1. The number of aromatic nitrogens is 2. The molecule has 1 aromatic carbocycles. The molecule has 0 radical (unpaired) electrons. The van der Waals surface area contributed by atoms with Crippen LogP contribution in [-0.4, -0.2) is 60.3 Å². The molecule has 0 bridgehead atoms. The molecule has 1 saturated heterocycles. The maximum Gasteiger partial charge on any atom is 0.281 e. The van der Waals surface area contributed by atoms with Gasteiger partial charge >= 0.3 is 0 Å². The van der Waals surface area contributed by atoms with Gasteiger partial charge in [0.05, 0.1) is 11.3 Å². The molecule has 2 aliphatic rings. The molecule has 220 valence electrons. The van der Waals surface area contributed by atoms with Crippen molar-refractivity contribution in [2.45, 2.75) is 44.2 Å². The second kappa shape index (κ2) is 11.4. The molecule has 12 heteroatoms. The summed E-state index contributed by atoms with van der Waals surface area (Å²) in [6, 6.07) is 14.3. The molecule has 3 N–H and O–H groups in total. The van der Waals surface area contributed by atoms with Crippen LogP contribution in [0.2, 0.25) is 5.02 Å². The van der Waals surface area contributed by atoms with Gasteiger partial charge in [-0.15, -0.1) is 0 Å². The highest BCUT2D eigenvalue weighted by molar-refractivity contribution is 7.90. The second-order valence-corrected chi connectivity index (χ2v) is 13.5. The maximum atomic E-state index is 13.5. The minimum Gasteiger partial charge on any atom is -0.384 e. The monoisotopic (exact) mass is 608 g/mol. The van der Waals surface area contributed by atoms with Crippen molar-refractivity contribution < 1.29 is 18.0 Å². The van der Waals surface area contributed by atoms with Gasteiger partial charge in [-0.25, -0.2) is 14.7 Å². The third-order valence-corrected chi connectivity index (χ3v) is 9.00. The van der Waals surface area contributed by atoms with Gasteiger partial charge in [-0.05, 0) is 80.6 Å². The molecule has 3 aromatic rings. The van der Waals surface area contributed by atoms with Crippen LogP contribution in [-0.2, 0) is 10.0 Å². The molecule has 2 aliphatic heterocycles. The molecule has 2 amide bonds. The number of hydrogen-bond donors (Lipinski definition) is 2. The van der Waals surface area contributed by atoms with Gasteiger partial charge in [-0.3, -0.25) is 9.59 Å². The van der Waals surface area contributed by atoms with E-state index in [9.17, 15) is 18.0 Å². The number of anilines is 2. The predicted molar refractivity (Wildman–Crippen MR) is 163 cm³/mol. The van der Waals surface area contributed by atoms with E-state index in [1.54, 1.807) is 41.3 Å². The van der Waals surface area contributed by atoms with Gasteiger partial charge in [0.15, 0.2) is 5.03 Å². The average Bonchev–Trinajstić information content (AvgIpc) is 3.23. The van der Waals surface area contributed by atoms with Gasteiger partial charge in [0.25, 0.3) is 21.8 Å². The molecule has 1 fully saturated rings. The SMILES string of the molecule is C[C@@H]1CN(c2nc(C3=CCCN(C(=O)c4cccc(Cl)c4)C3)ccc2C(=O)NS(=O)(=O)c2cccc(N)n2)C(C)(C)C1. The first kappa shape index (κ1) is 29.5. The maximum absolute atomic E-state index is 13.5. The van der Waals surface area contributed by atoms with Crippen molar-refractivity contribution in [2.75, 3.05) is 30.3 Å². The molecule has 42 heavy (non-hydrogen) atoms. The molecule has 0 spiro atoms. The van der Waals surface area contributed by atoms with Crippen LogP contribution in [0.3, 0.4) is 0 Å². The summed E-state index contributed by atoms with van der Waals surface area (Å²) in [6.07, 6.45) is 3.55. The van der Waals surface area contributed by atoms with E-state index in [0.717, 1.165) is 12.0 Å². The van der Waals surface area contributed by atoms with Crippen molar-refractivity contribution in [3.63, 3.8) is 0 Å². The van der Waals surface area contributed by atoms with Crippen molar-refractivity contribution >= 4 is 50.6 Å². The Bertz CT molecular complexity index is 1690. The zero-order chi connectivity index (χ0) is 30.2. The van der Waals surface area contributed by atoms with Gasteiger partial charge in [0.1, 0.15) is 11.6 Å². The van der Waals surface area contributed by atoms with E-state index in [0.29, 0.717) is 54.1 Å². The number of rotatable bonds is 6. The average molecular weight is 609 g/mol. The molecule has 10 nitrogen and oxygen atoms in total. The van der Waals surface area contributed by atoms with E-state index in [2.05, 4.69) is 35.4 Å². The number of benzene rings is 1.